The molecule has 0 saturated carbocycles. The minimum absolute atomic E-state index is 0.109. The average Bonchev–Trinajstić information content (AvgIpc) is 2.67. The van der Waals surface area contributed by atoms with Crippen molar-refractivity contribution < 1.29 is 19.5 Å². The van der Waals surface area contributed by atoms with Crippen molar-refractivity contribution >= 4 is 39.4 Å². The zero-order chi connectivity index (χ0) is 19.6. The normalized spacial score (nSPS) is 10.9. The Bertz CT molecular complexity index is 853. The number of nitrogens with one attached hydrogen (secondary N) is 2. The molecule has 2 amide bonds. The number of rotatable bonds is 8. The van der Waals surface area contributed by atoms with E-state index >= 15 is 0 Å². The van der Waals surface area contributed by atoms with E-state index in [4.69, 9.17) is 5.11 Å². The van der Waals surface area contributed by atoms with Crippen LogP contribution >= 0.6 is 15.9 Å². The lowest BCUT2D eigenvalue weighted by atomic mass is 10.1. The van der Waals surface area contributed by atoms with Gasteiger partial charge in [0.2, 0.25) is 0 Å². The SMILES string of the molecule is O=C(O)CC/C(=N/NC(=O)CNC(=O)c1ccccc1Br)c1ccccc1. The van der Waals surface area contributed by atoms with E-state index in [1.165, 1.54) is 0 Å². The predicted octanol–water partition coefficient (Wildman–Crippen LogP) is 2.56. The highest BCUT2D eigenvalue weighted by molar-refractivity contribution is 9.10. The number of hydrogen-bond acceptors (Lipinski definition) is 4. The summed E-state index contributed by atoms with van der Waals surface area (Å²) in [6.45, 7) is -0.259. The first kappa shape index (κ1) is 20.3. The number of carbonyl (C=O) groups excluding carboxylic acids is 2. The van der Waals surface area contributed by atoms with Crippen LogP contribution in [0.5, 0.6) is 0 Å². The number of carbonyl (C=O) groups is 3. The highest BCUT2D eigenvalue weighted by Gasteiger charge is 2.11. The molecule has 2 rings (SSSR count). The first-order valence-electron chi connectivity index (χ1n) is 8.12. The van der Waals surface area contributed by atoms with E-state index in [2.05, 4.69) is 31.8 Å². The number of halogens is 1. The van der Waals surface area contributed by atoms with Crippen LogP contribution in [0.3, 0.4) is 0 Å². The number of amides is 2. The molecule has 0 saturated heterocycles. The smallest absolute Gasteiger partial charge is 0.303 e. The monoisotopic (exact) mass is 431 g/mol. The van der Waals surface area contributed by atoms with Gasteiger partial charge in [0.05, 0.1) is 24.2 Å². The molecular weight excluding hydrogens is 414 g/mol. The fourth-order valence-electron chi connectivity index (χ4n) is 2.19. The summed E-state index contributed by atoms with van der Waals surface area (Å²) in [6, 6.07) is 15.8. The summed E-state index contributed by atoms with van der Waals surface area (Å²) >= 11 is 3.28. The van der Waals surface area contributed by atoms with Crippen LogP contribution in [-0.4, -0.2) is 35.1 Å². The molecule has 2 aromatic carbocycles. The van der Waals surface area contributed by atoms with Gasteiger partial charge in [0.1, 0.15) is 0 Å². The molecule has 2 aromatic rings. The summed E-state index contributed by atoms with van der Waals surface area (Å²) in [6.07, 6.45) is 0.0608. The van der Waals surface area contributed by atoms with Crippen LogP contribution in [0.15, 0.2) is 64.2 Å². The van der Waals surface area contributed by atoms with Crippen molar-refractivity contribution in [3.8, 4) is 0 Å². The molecule has 7 nitrogen and oxygen atoms in total. The first-order chi connectivity index (χ1) is 13.0. The fraction of sp³-hybridized carbons (Fsp3) is 0.158. The second kappa shape index (κ2) is 10.2. The van der Waals surface area contributed by atoms with Crippen LogP contribution in [0, 0.1) is 0 Å². The molecule has 3 N–H and O–H groups in total. The maximum absolute atomic E-state index is 12.1. The van der Waals surface area contributed by atoms with Gasteiger partial charge in [-0.15, -0.1) is 0 Å². The number of carboxylic acids is 1. The van der Waals surface area contributed by atoms with Crippen molar-refractivity contribution in [1.29, 1.82) is 0 Å². The quantitative estimate of drug-likeness (QED) is 0.440. The van der Waals surface area contributed by atoms with Crippen molar-refractivity contribution in [2.45, 2.75) is 12.8 Å². The maximum Gasteiger partial charge on any atom is 0.303 e. The molecule has 8 heteroatoms. The summed E-state index contributed by atoms with van der Waals surface area (Å²) in [5.41, 5.74) is 3.94. The zero-order valence-corrected chi connectivity index (χ0v) is 15.9. The zero-order valence-electron chi connectivity index (χ0n) is 14.3. The van der Waals surface area contributed by atoms with Gasteiger partial charge >= 0.3 is 5.97 Å². The number of carboxylic acid groups (broad SMARTS) is 1. The Kier molecular flexibility index (Phi) is 7.69. The summed E-state index contributed by atoms with van der Waals surface area (Å²) < 4.78 is 0.626. The van der Waals surface area contributed by atoms with Gasteiger partial charge in [0, 0.05) is 10.9 Å². The maximum atomic E-state index is 12.1. The Morgan fingerprint density at radius 1 is 0.963 bits per heavy atom. The van der Waals surface area contributed by atoms with Gasteiger partial charge in [-0.05, 0) is 33.6 Å². The van der Waals surface area contributed by atoms with Crippen LogP contribution in [0.1, 0.15) is 28.8 Å². The van der Waals surface area contributed by atoms with Crippen LogP contribution in [-0.2, 0) is 9.59 Å². The second-order valence-corrected chi connectivity index (χ2v) is 6.37. The third-order valence-corrected chi connectivity index (χ3v) is 4.22. The molecule has 140 valence electrons. The van der Waals surface area contributed by atoms with E-state index in [9.17, 15) is 14.4 Å². The molecule has 27 heavy (non-hydrogen) atoms. The molecular formula is C19H18BrN3O4. The van der Waals surface area contributed by atoms with E-state index in [-0.39, 0.29) is 19.4 Å². The number of nitrogens with zero attached hydrogens (tertiary/aromatic N) is 1. The van der Waals surface area contributed by atoms with Gasteiger partial charge in [0.15, 0.2) is 0 Å². The number of aliphatic carboxylic acids is 1. The van der Waals surface area contributed by atoms with E-state index in [1.54, 1.807) is 48.5 Å². The van der Waals surface area contributed by atoms with E-state index < -0.39 is 17.8 Å². The molecule has 0 aliphatic heterocycles. The van der Waals surface area contributed by atoms with Crippen LogP contribution in [0.25, 0.3) is 0 Å². The Balaban J connectivity index is 1.96. The molecule has 0 heterocycles. The molecule has 0 radical (unpaired) electrons. The van der Waals surface area contributed by atoms with Crippen LogP contribution < -0.4 is 10.7 Å². The lowest BCUT2D eigenvalue weighted by Gasteiger charge is -2.08. The summed E-state index contributed by atoms with van der Waals surface area (Å²) in [5.74, 6) is -1.86. The standard InChI is InChI=1S/C19H18BrN3O4/c20-15-9-5-4-8-14(15)19(27)21-12-17(24)23-22-16(10-11-18(25)26)13-6-2-1-3-7-13/h1-9H,10-12H2,(H,21,27)(H,23,24)(H,25,26)/b22-16-. The van der Waals surface area contributed by atoms with Crippen molar-refractivity contribution in [1.82, 2.24) is 10.7 Å². The third kappa shape index (κ3) is 6.67. The molecule has 0 spiro atoms. The van der Waals surface area contributed by atoms with Crippen molar-refractivity contribution in [3.05, 3.63) is 70.2 Å². The van der Waals surface area contributed by atoms with Gasteiger partial charge in [-0.3, -0.25) is 14.4 Å². The molecule has 0 fully saturated rings. The molecule has 0 unspecified atom stereocenters. The van der Waals surface area contributed by atoms with Crippen molar-refractivity contribution in [2.75, 3.05) is 6.54 Å². The molecule has 0 aromatic heterocycles. The summed E-state index contributed by atoms with van der Waals surface area (Å²) in [4.78, 5) is 34.9. The lowest BCUT2D eigenvalue weighted by molar-refractivity contribution is -0.136. The molecule has 0 aliphatic carbocycles. The number of benzene rings is 2. The lowest BCUT2D eigenvalue weighted by Crippen LogP contribution is -2.35. The Morgan fingerprint density at radius 3 is 2.30 bits per heavy atom. The minimum atomic E-state index is -0.953. The van der Waals surface area contributed by atoms with E-state index in [1.807, 2.05) is 6.07 Å². The van der Waals surface area contributed by atoms with E-state index in [0.717, 1.165) is 5.56 Å². The highest BCUT2D eigenvalue weighted by Crippen LogP contribution is 2.15. The summed E-state index contributed by atoms with van der Waals surface area (Å²) in [7, 11) is 0. The second-order valence-electron chi connectivity index (χ2n) is 5.52. The fourth-order valence-corrected chi connectivity index (χ4v) is 2.66. The van der Waals surface area contributed by atoms with Gasteiger partial charge in [-0.1, -0.05) is 42.5 Å². The van der Waals surface area contributed by atoms with Crippen molar-refractivity contribution in [2.24, 2.45) is 5.10 Å². The molecule has 0 atom stereocenters. The summed E-state index contributed by atoms with van der Waals surface area (Å²) in [5, 5.41) is 15.4. The largest absolute Gasteiger partial charge is 0.481 e. The third-order valence-electron chi connectivity index (χ3n) is 3.53. The number of hydrazone groups is 1. The average molecular weight is 432 g/mol. The predicted molar refractivity (Wildman–Crippen MR) is 104 cm³/mol. The topological polar surface area (TPSA) is 108 Å². The first-order valence-corrected chi connectivity index (χ1v) is 8.92. The minimum Gasteiger partial charge on any atom is -0.481 e. The van der Waals surface area contributed by atoms with Gasteiger partial charge in [0.25, 0.3) is 11.8 Å². The van der Waals surface area contributed by atoms with Crippen LogP contribution in [0.2, 0.25) is 0 Å². The van der Waals surface area contributed by atoms with E-state index in [0.29, 0.717) is 15.7 Å². The Hall–Kier alpha value is -3.00. The molecule has 0 bridgehead atoms. The van der Waals surface area contributed by atoms with Crippen LogP contribution in [0.4, 0.5) is 0 Å². The Morgan fingerprint density at radius 2 is 1.63 bits per heavy atom. The Labute approximate surface area is 164 Å². The van der Waals surface area contributed by atoms with Gasteiger partial charge in [-0.2, -0.15) is 5.10 Å². The van der Waals surface area contributed by atoms with Gasteiger partial charge in [-0.25, -0.2) is 5.43 Å². The van der Waals surface area contributed by atoms with Gasteiger partial charge < -0.3 is 10.4 Å². The number of hydrogen-bond donors (Lipinski definition) is 3. The molecule has 0 aliphatic rings. The highest BCUT2D eigenvalue weighted by atomic mass is 79.9. The van der Waals surface area contributed by atoms with Crippen molar-refractivity contribution in [3.63, 3.8) is 0 Å².